The summed E-state index contributed by atoms with van der Waals surface area (Å²) in [6, 6.07) is 14.9. The second kappa shape index (κ2) is 7.44. The number of benzene rings is 2. The molecule has 3 aromatic rings. The fourth-order valence-electron chi connectivity index (χ4n) is 4.51. The van der Waals surface area contributed by atoms with Crippen LogP contribution in [-0.2, 0) is 6.54 Å². The molecule has 0 unspecified atom stereocenters. The van der Waals surface area contributed by atoms with Crippen molar-refractivity contribution in [3.8, 4) is 0 Å². The van der Waals surface area contributed by atoms with E-state index in [-0.39, 0.29) is 5.63 Å². The molecule has 0 spiro atoms. The largest absolute Gasteiger partial charge is 0.423 e. The first-order valence-corrected chi connectivity index (χ1v) is 10.0. The lowest BCUT2D eigenvalue weighted by atomic mass is 10.0. The molecule has 2 heterocycles. The number of anilines is 1. The molecule has 4 heteroatoms. The molecule has 0 N–H and O–H groups in total. The fourth-order valence-corrected chi connectivity index (χ4v) is 4.51. The Morgan fingerprint density at radius 2 is 1.86 bits per heavy atom. The molecular formula is C24H28N2O2. The predicted octanol–water partition coefficient (Wildman–Crippen LogP) is 4.43. The van der Waals surface area contributed by atoms with Gasteiger partial charge in [-0.1, -0.05) is 18.2 Å². The van der Waals surface area contributed by atoms with Gasteiger partial charge >= 0.3 is 5.63 Å². The highest BCUT2D eigenvalue weighted by Gasteiger charge is 2.24. The summed E-state index contributed by atoms with van der Waals surface area (Å²) in [6.45, 7) is 12.3. The zero-order valence-corrected chi connectivity index (χ0v) is 17.2. The highest BCUT2D eigenvalue weighted by molar-refractivity contribution is 5.84. The SMILES string of the molecule is Cc1cccc(N2CCN(Cc3cc(=O)oc4cc(C)cc(C)c34)C[C@H]2C)c1. The summed E-state index contributed by atoms with van der Waals surface area (Å²) >= 11 is 0. The normalized spacial score (nSPS) is 18.0. The molecule has 28 heavy (non-hydrogen) atoms. The summed E-state index contributed by atoms with van der Waals surface area (Å²) in [4.78, 5) is 17.0. The average Bonchev–Trinajstić information content (AvgIpc) is 2.60. The summed E-state index contributed by atoms with van der Waals surface area (Å²) in [5.74, 6) is 0. The quantitative estimate of drug-likeness (QED) is 0.634. The van der Waals surface area contributed by atoms with Crippen LogP contribution >= 0.6 is 0 Å². The summed E-state index contributed by atoms with van der Waals surface area (Å²) in [7, 11) is 0. The van der Waals surface area contributed by atoms with E-state index < -0.39 is 0 Å². The standard InChI is InChI=1S/C24H28N2O2/c1-16-6-5-7-21(11-16)26-9-8-25(14-19(26)4)15-20-13-23(27)28-22-12-17(2)10-18(3)24(20)22/h5-7,10-13,19H,8-9,14-15H2,1-4H3/t19-/m1/s1. The van der Waals surface area contributed by atoms with Crippen molar-refractivity contribution in [2.24, 2.45) is 0 Å². The van der Waals surface area contributed by atoms with E-state index >= 15 is 0 Å². The molecule has 1 fully saturated rings. The molecule has 2 aromatic carbocycles. The van der Waals surface area contributed by atoms with Crippen LogP contribution in [-0.4, -0.2) is 30.6 Å². The third kappa shape index (κ3) is 3.69. The summed E-state index contributed by atoms with van der Waals surface area (Å²) in [5, 5.41) is 1.08. The molecule has 0 radical (unpaired) electrons. The first kappa shape index (κ1) is 18.8. The van der Waals surface area contributed by atoms with Crippen molar-refractivity contribution in [1.29, 1.82) is 0 Å². The minimum Gasteiger partial charge on any atom is -0.423 e. The molecule has 146 valence electrons. The van der Waals surface area contributed by atoms with Gasteiger partial charge in [0.1, 0.15) is 5.58 Å². The summed E-state index contributed by atoms with van der Waals surface area (Å²) < 4.78 is 5.48. The monoisotopic (exact) mass is 376 g/mol. The Kier molecular flexibility index (Phi) is 4.98. The van der Waals surface area contributed by atoms with E-state index in [2.05, 4.69) is 60.9 Å². The van der Waals surface area contributed by atoms with Crippen LogP contribution in [0.1, 0.15) is 29.2 Å². The van der Waals surface area contributed by atoms with E-state index in [1.165, 1.54) is 16.8 Å². The lowest BCUT2D eigenvalue weighted by molar-refractivity contribution is 0.221. The Labute approximate surface area is 166 Å². The molecule has 0 bridgehead atoms. The molecule has 1 aliphatic heterocycles. The lowest BCUT2D eigenvalue weighted by Gasteiger charge is -2.41. The molecule has 1 aromatic heterocycles. The maximum Gasteiger partial charge on any atom is 0.336 e. The first-order chi connectivity index (χ1) is 13.4. The Bertz CT molecular complexity index is 1070. The molecule has 0 amide bonds. The number of fused-ring (bicyclic) bond motifs is 1. The highest BCUT2D eigenvalue weighted by atomic mass is 16.4. The average molecular weight is 377 g/mol. The Balaban J connectivity index is 1.57. The Morgan fingerprint density at radius 3 is 2.61 bits per heavy atom. The van der Waals surface area contributed by atoms with Gasteiger partial charge in [0.05, 0.1) is 0 Å². The predicted molar refractivity (Wildman–Crippen MR) is 115 cm³/mol. The van der Waals surface area contributed by atoms with Crippen molar-refractivity contribution in [3.63, 3.8) is 0 Å². The molecule has 1 atom stereocenters. The fraction of sp³-hybridized carbons (Fsp3) is 0.375. The van der Waals surface area contributed by atoms with Crippen LogP contribution < -0.4 is 10.5 Å². The number of rotatable bonds is 3. The van der Waals surface area contributed by atoms with Gasteiger partial charge in [-0.15, -0.1) is 0 Å². The van der Waals surface area contributed by atoms with Gasteiger partial charge in [-0.05, 0) is 68.1 Å². The van der Waals surface area contributed by atoms with Crippen molar-refractivity contribution in [1.82, 2.24) is 4.90 Å². The van der Waals surface area contributed by atoms with E-state index in [0.29, 0.717) is 11.6 Å². The molecule has 1 aliphatic rings. The van der Waals surface area contributed by atoms with Crippen molar-refractivity contribution >= 4 is 16.7 Å². The first-order valence-electron chi connectivity index (χ1n) is 10.0. The highest BCUT2D eigenvalue weighted by Crippen LogP contribution is 2.26. The number of piperazine rings is 1. The van der Waals surface area contributed by atoms with Crippen molar-refractivity contribution < 1.29 is 4.42 Å². The van der Waals surface area contributed by atoms with E-state index in [9.17, 15) is 4.79 Å². The molecule has 0 aliphatic carbocycles. The van der Waals surface area contributed by atoms with Gasteiger partial charge in [-0.2, -0.15) is 0 Å². The molecule has 0 saturated carbocycles. The second-order valence-corrected chi connectivity index (χ2v) is 8.16. The molecule has 4 nitrogen and oxygen atoms in total. The van der Waals surface area contributed by atoms with Gasteiger partial charge in [-0.25, -0.2) is 4.79 Å². The van der Waals surface area contributed by atoms with Gasteiger partial charge in [0.15, 0.2) is 0 Å². The lowest BCUT2D eigenvalue weighted by Crippen LogP contribution is -2.51. The van der Waals surface area contributed by atoms with Crippen LogP contribution in [0.25, 0.3) is 11.0 Å². The van der Waals surface area contributed by atoms with Gasteiger partial charge in [0, 0.05) is 49.4 Å². The zero-order valence-electron chi connectivity index (χ0n) is 17.2. The van der Waals surface area contributed by atoms with Crippen LogP contribution in [0, 0.1) is 20.8 Å². The van der Waals surface area contributed by atoms with Crippen LogP contribution in [0.5, 0.6) is 0 Å². The van der Waals surface area contributed by atoms with Crippen molar-refractivity contribution in [2.75, 3.05) is 24.5 Å². The topological polar surface area (TPSA) is 36.7 Å². The smallest absolute Gasteiger partial charge is 0.336 e. The van der Waals surface area contributed by atoms with Crippen molar-refractivity contribution in [2.45, 2.75) is 40.3 Å². The number of aryl methyl sites for hydroxylation is 3. The minimum absolute atomic E-state index is 0.265. The third-order valence-electron chi connectivity index (χ3n) is 5.71. The minimum atomic E-state index is -0.265. The van der Waals surface area contributed by atoms with E-state index in [4.69, 9.17) is 4.42 Å². The van der Waals surface area contributed by atoms with Gasteiger partial charge in [0.2, 0.25) is 0 Å². The molecular weight excluding hydrogens is 348 g/mol. The van der Waals surface area contributed by atoms with E-state index in [1.807, 2.05) is 13.0 Å². The zero-order chi connectivity index (χ0) is 19.8. The Morgan fingerprint density at radius 1 is 1.04 bits per heavy atom. The van der Waals surface area contributed by atoms with Crippen LogP contribution in [0.4, 0.5) is 5.69 Å². The van der Waals surface area contributed by atoms with Crippen molar-refractivity contribution in [3.05, 3.63) is 75.1 Å². The van der Waals surface area contributed by atoms with Crippen LogP contribution in [0.2, 0.25) is 0 Å². The molecule has 1 saturated heterocycles. The second-order valence-electron chi connectivity index (χ2n) is 8.16. The summed E-state index contributed by atoms with van der Waals surface area (Å²) in [5.41, 5.74) is 6.38. The summed E-state index contributed by atoms with van der Waals surface area (Å²) in [6.07, 6.45) is 0. The van der Waals surface area contributed by atoms with Crippen LogP contribution in [0.3, 0.4) is 0 Å². The van der Waals surface area contributed by atoms with Gasteiger partial charge < -0.3 is 9.32 Å². The number of hydrogen-bond acceptors (Lipinski definition) is 4. The van der Waals surface area contributed by atoms with E-state index in [1.54, 1.807) is 6.07 Å². The van der Waals surface area contributed by atoms with Gasteiger partial charge in [0.25, 0.3) is 0 Å². The number of hydrogen-bond donors (Lipinski definition) is 0. The van der Waals surface area contributed by atoms with Crippen LogP contribution in [0.15, 0.2) is 51.7 Å². The third-order valence-corrected chi connectivity index (χ3v) is 5.71. The maximum absolute atomic E-state index is 12.1. The maximum atomic E-state index is 12.1. The van der Waals surface area contributed by atoms with E-state index in [0.717, 1.165) is 42.7 Å². The van der Waals surface area contributed by atoms with Gasteiger partial charge in [-0.3, -0.25) is 4.90 Å². The molecule has 4 rings (SSSR count). The Hall–Kier alpha value is -2.59. The number of nitrogens with zero attached hydrogens (tertiary/aromatic N) is 2.